The molecule has 19 heavy (non-hydrogen) atoms. The van der Waals surface area contributed by atoms with E-state index in [-0.39, 0.29) is 17.9 Å². The zero-order chi connectivity index (χ0) is 13.5. The van der Waals surface area contributed by atoms with Gasteiger partial charge in [-0.1, -0.05) is 18.2 Å². The van der Waals surface area contributed by atoms with Crippen LogP contribution in [0.25, 0.3) is 0 Å². The minimum atomic E-state index is -0.214. The lowest BCUT2D eigenvalue weighted by molar-refractivity contribution is -0.253. The third-order valence-electron chi connectivity index (χ3n) is 4.51. The van der Waals surface area contributed by atoms with Crippen molar-refractivity contribution in [1.82, 2.24) is 4.90 Å². The smallest absolute Gasteiger partial charge is 0.229 e. The van der Waals surface area contributed by atoms with Crippen LogP contribution in [0, 0.1) is 5.41 Å². The Morgan fingerprint density at radius 3 is 2.95 bits per heavy atom. The first-order valence-electron chi connectivity index (χ1n) is 6.77. The average molecular weight is 261 g/mol. The van der Waals surface area contributed by atoms with Gasteiger partial charge in [0.15, 0.2) is 0 Å². The van der Waals surface area contributed by atoms with Gasteiger partial charge in [0.1, 0.15) is 6.61 Å². The van der Waals surface area contributed by atoms with E-state index < -0.39 is 0 Å². The fourth-order valence-electron chi connectivity index (χ4n) is 3.57. The third-order valence-corrected chi connectivity index (χ3v) is 4.51. The van der Waals surface area contributed by atoms with Crippen LogP contribution in [0.3, 0.4) is 0 Å². The highest BCUT2D eigenvalue weighted by molar-refractivity contribution is 5.85. The molecule has 0 saturated carbocycles. The van der Waals surface area contributed by atoms with Crippen molar-refractivity contribution in [2.24, 2.45) is 5.41 Å². The van der Waals surface area contributed by atoms with Gasteiger partial charge in [0.05, 0.1) is 5.41 Å². The zero-order valence-electron chi connectivity index (χ0n) is 11.2. The van der Waals surface area contributed by atoms with Crippen molar-refractivity contribution in [3.8, 4) is 0 Å². The van der Waals surface area contributed by atoms with E-state index in [1.54, 1.807) is 0 Å². The van der Waals surface area contributed by atoms with Gasteiger partial charge in [-0.15, -0.1) is 0 Å². The molecule has 1 fully saturated rings. The number of carbonyl (C=O) groups is 1. The number of hydrogen-bond donors (Lipinski definition) is 1. The maximum atomic E-state index is 12.5. The molecule has 0 bridgehead atoms. The van der Waals surface area contributed by atoms with Gasteiger partial charge < -0.3 is 4.90 Å². The van der Waals surface area contributed by atoms with Crippen molar-refractivity contribution in [2.75, 3.05) is 13.6 Å². The van der Waals surface area contributed by atoms with Crippen molar-refractivity contribution < 1.29 is 14.9 Å². The number of hydrogen-bond acceptors (Lipinski definition) is 3. The molecule has 1 spiro atoms. The van der Waals surface area contributed by atoms with Crippen LogP contribution in [0.2, 0.25) is 0 Å². The van der Waals surface area contributed by atoms with E-state index in [0.29, 0.717) is 0 Å². The van der Waals surface area contributed by atoms with Gasteiger partial charge in [0.25, 0.3) is 0 Å². The van der Waals surface area contributed by atoms with Crippen molar-refractivity contribution in [2.45, 2.75) is 32.3 Å². The molecular formula is C15H19NO3. The molecule has 0 radical (unpaired) electrons. The normalized spacial score (nSPS) is 26.0. The summed E-state index contributed by atoms with van der Waals surface area (Å²) in [5.41, 5.74) is 3.24. The summed E-state index contributed by atoms with van der Waals surface area (Å²) in [7, 11) is 1.90. The fourth-order valence-corrected chi connectivity index (χ4v) is 3.57. The average Bonchev–Trinajstić information content (AvgIpc) is 2.75. The van der Waals surface area contributed by atoms with Crippen molar-refractivity contribution >= 4 is 5.91 Å². The van der Waals surface area contributed by atoms with Crippen LogP contribution in [0.4, 0.5) is 0 Å². The molecule has 3 rings (SSSR count). The Morgan fingerprint density at radius 1 is 1.37 bits per heavy atom. The number of rotatable bonds is 2. The van der Waals surface area contributed by atoms with Crippen molar-refractivity contribution in [3.63, 3.8) is 0 Å². The second kappa shape index (κ2) is 4.62. The largest absolute Gasteiger partial charge is 0.345 e. The molecule has 102 valence electrons. The molecule has 1 aromatic rings. The maximum Gasteiger partial charge on any atom is 0.229 e. The first-order valence-corrected chi connectivity index (χ1v) is 6.77. The van der Waals surface area contributed by atoms with Crippen LogP contribution in [-0.4, -0.2) is 29.7 Å². The fraction of sp³-hybridized carbons (Fsp3) is 0.533. The number of benzene rings is 1. The lowest BCUT2D eigenvalue weighted by Crippen LogP contribution is -2.47. The standard InChI is InChI=1S/C15H19NO3/c1-16-6-2-5-15(14(16)17)8-12-4-3-11(10-19-18)7-13(12)9-15/h3-4,7,18H,2,5-6,8-10H2,1H3/t15-/m1/s1. The van der Waals surface area contributed by atoms with Crippen LogP contribution in [-0.2, 0) is 29.1 Å². The highest BCUT2D eigenvalue weighted by Gasteiger charge is 2.46. The molecule has 1 saturated heterocycles. The van der Waals surface area contributed by atoms with Crippen molar-refractivity contribution in [3.05, 3.63) is 34.9 Å². The van der Waals surface area contributed by atoms with E-state index in [4.69, 9.17) is 5.26 Å². The highest BCUT2D eigenvalue weighted by atomic mass is 17.1. The molecule has 0 aromatic heterocycles. The van der Waals surface area contributed by atoms with Gasteiger partial charge in [-0.3, -0.25) is 10.1 Å². The van der Waals surface area contributed by atoms with E-state index >= 15 is 0 Å². The molecule has 1 aliphatic heterocycles. The van der Waals surface area contributed by atoms with E-state index in [1.165, 1.54) is 11.1 Å². The summed E-state index contributed by atoms with van der Waals surface area (Å²) in [6.45, 7) is 1.08. The molecule has 0 unspecified atom stereocenters. The minimum absolute atomic E-state index is 0.203. The number of nitrogens with zero attached hydrogens (tertiary/aromatic N) is 1. The number of likely N-dealkylation sites (tertiary alicyclic amines) is 1. The molecule has 1 aromatic carbocycles. The van der Waals surface area contributed by atoms with Gasteiger partial charge in [-0.25, -0.2) is 4.89 Å². The lowest BCUT2D eigenvalue weighted by atomic mass is 9.76. The third kappa shape index (κ3) is 2.05. The molecule has 1 atom stereocenters. The Kier molecular flexibility index (Phi) is 3.07. The summed E-state index contributed by atoms with van der Waals surface area (Å²) in [4.78, 5) is 18.5. The molecular weight excluding hydrogens is 242 g/mol. The Bertz CT molecular complexity index is 514. The van der Waals surface area contributed by atoms with Gasteiger partial charge in [-0.2, -0.15) is 0 Å². The summed E-state index contributed by atoms with van der Waals surface area (Å²) in [5.74, 6) is 0.287. The second-order valence-electron chi connectivity index (χ2n) is 5.84. The molecule has 1 heterocycles. The Morgan fingerprint density at radius 2 is 2.16 bits per heavy atom. The second-order valence-corrected chi connectivity index (χ2v) is 5.84. The summed E-state index contributed by atoms with van der Waals surface area (Å²) in [5, 5.41) is 8.53. The van der Waals surface area contributed by atoms with Gasteiger partial charge in [-0.05, 0) is 42.4 Å². The van der Waals surface area contributed by atoms with Crippen LogP contribution >= 0.6 is 0 Å². The van der Waals surface area contributed by atoms with Crippen LogP contribution in [0.1, 0.15) is 29.5 Å². The molecule has 4 nitrogen and oxygen atoms in total. The van der Waals surface area contributed by atoms with Crippen LogP contribution in [0.5, 0.6) is 0 Å². The predicted molar refractivity (Wildman–Crippen MR) is 70.6 cm³/mol. The van der Waals surface area contributed by atoms with Crippen LogP contribution < -0.4 is 0 Å². The Hall–Kier alpha value is -1.39. The van der Waals surface area contributed by atoms with E-state index in [1.807, 2.05) is 18.0 Å². The minimum Gasteiger partial charge on any atom is -0.345 e. The highest BCUT2D eigenvalue weighted by Crippen LogP contribution is 2.44. The van der Waals surface area contributed by atoms with E-state index in [2.05, 4.69) is 17.0 Å². The van der Waals surface area contributed by atoms with E-state index in [9.17, 15) is 4.79 Å². The summed E-state index contributed by atoms with van der Waals surface area (Å²) < 4.78 is 0. The quantitative estimate of drug-likeness (QED) is 0.654. The Balaban J connectivity index is 1.88. The molecule has 1 amide bonds. The molecule has 2 aliphatic rings. The van der Waals surface area contributed by atoms with Crippen LogP contribution in [0.15, 0.2) is 18.2 Å². The number of fused-ring (bicyclic) bond motifs is 1. The first-order chi connectivity index (χ1) is 9.14. The summed E-state index contributed by atoms with van der Waals surface area (Å²) >= 11 is 0. The van der Waals surface area contributed by atoms with Gasteiger partial charge in [0, 0.05) is 13.6 Å². The molecule has 1 N–H and O–H groups in total. The monoisotopic (exact) mass is 261 g/mol. The Labute approximate surface area is 112 Å². The number of carbonyl (C=O) groups excluding carboxylic acids is 1. The topological polar surface area (TPSA) is 49.8 Å². The maximum absolute atomic E-state index is 12.5. The molecule has 4 heteroatoms. The van der Waals surface area contributed by atoms with Gasteiger partial charge >= 0.3 is 0 Å². The van der Waals surface area contributed by atoms with Gasteiger partial charge in [0.2, 0.25) is 5.91 Å². The first kappa shape index (κ1) is 12.6. The lowest BCUT2D eigenvalue weighted by Gasteiger charge is -2.37. The zero-order valence-corrected chi connectivity index (χ0v) is 11.2. The number of amides is 1. The summed E-state index contributed by atoms with van der Waals surface area (Å²) in [6.07, 6.45) is 3.75. The predicted octanol–water partition coefficient (Wildman–Crippen LogP) is 2.01. The van der Waals surface area contributed by atoms with E-state index in [0.717, 1.165) is 37.8 Å². The number of piperidine rings is 1. The van der Waals surface area contributed by atoms with Crippen molar-refractivity contribution in [1.29, 1.82) is 0 Å². The SMILES string of the molecule is CN1CCC[C@]2(Cc3ccc(COO)cc3C2)C1=O. The molecule has 1 aliphatic carbocycles. The summed E-state index contributed by atoms with van der Waals surface area (Å²) in [6, 6.07) is 6.09.